The fraction of sp³-hybridized carbons (Fsp3) is 0.571. The highest BCUT2D eigenvalue weighted by atomic mass is 32.2. The Morgan fingerprint density at radius 3 is 2.81 bits per heavy atom. The van der Waals surface area contributed by atoms with Crippen molar-refractivity contribution in [2.45, 2.75) is 37.5 Å². The van der Waals surface area contributed by atoms with E-state index >= 15 is 0 Å². The average molecular weight is 389 g/mol. The summed E-state index contributed by atoms with van der Waals surface area (Å²) in [5, 5.41) is 8.18. The van der Waals surface area contributed by atoms with Crippen molar-refractivity contribution in [1.82, 2.24) is 15.2 Å². The summed E-state index contributed by atoms with van der Waals surface area (Å²) in [6.45, 7) is 7.45. The van der Waals surface area contributed by atoms with E-state index in [-0.39, 0.29) is 4.75 Å². The number of thioether (sulfide) groups is 1. The van der Waals surface area contributed by atoms with Gasteiger partial charge in [0.1, 0.15) is 0 Å². The molecule has 1 saturated heterocycles. The number of benzene rings is 1. The summed E-state index contributed by atoms with van der Waals surface area (Å²) in [5.41, 5.74) is 1.31. The van der Waals surface area contributed by atoms with Gasteiger partial charge in [-0.05, 0) is 50.0 Å². The van der Waals surface area contributed by atoms with Gasteiger partial charge in [-0.1, -0.05) is 18.2 Å². The first-order chi connectivity index (χ1) is 13.3. The zero-order chi connectivity index (χ0) is 19.0. The fourth-order valence-electron chi connectivity index (χ4n) is 3.53. The molecule has 27 heavy (non-hydrogen) atoms. The number of rotatable bonds is 8. The number of hydrogen-bond acceptors (Lipinski definition) is 3. The number of fused-ring (bicyclic) bond motifs is 1. The summed E-state index contributed by atoms with van der Waals surface area (Å²) < 4.78 is 8.08. The van der Waals surface area contributed by atoms with E-state index in [9.17, 15) is 0 Å². The maximum absolute atomic E-state index is 5.53. The highest BCUT2D eigenvalue weighted by Gasteiger charge is 2.31. The van der Waals surface area contributed by atoms with Crippen molar-refractivity contribution < 1.29 is 4.74 Å². The number of aliphatic imine (C=N–C) groups is 1. The van der Waals surface area contributed by atoms with Gasteiger partial charge in [0.25, 0.3) is 0 Å². The second kappa shape index (κ2) is 10.0. The fourth-order valence-corrected chi connectivity index (χ4v) is 4.30. The van der Waals surface area contributed by atoms with Crippen molar-refractivity contribution in [3.8, 4) is 0 Å². The lowest BCUT2D eigenvalue weighted by Gasteiger charge is -2.34. The third kappa shape index (κ3) is 5.42. The van der Waals surface area contributed by atoms with Gasteiger partial charge in [0.05, 0.1) is 6.54 Å². The summed E-state index contributed by atoms with van der Waals surface area (Å²) in [4.78, 5) is 4.88. The molecule has 1 aliphatic heterocycles. The van der Waals surface area contributed by atoms with Crippen molar-refractivity contribution in [2.24, 2.45) is 4.99 Å². The number of guanidine groups is 1. The zero-order valence-corrected chi connectivity index (χ0v) is 17.4. The van der Waals surface area contributed by atoms with Gasteiger partial charge in [-0.3, -0.25) is 4.99 Å². The van der Waals surface area contributed by atoms with E-state index in [0.29, 0.717) is 0 Å². The van der Waals surface area contributed by atoms with E-state index in [0.717, 1.165) is 64.6 Å². The molecule has 6 heteroatoms. The van der Waals surface area contributed by atoms with Crippen LogP contribution in [-0.2, 0) is 11.3 Å². The summed E-state index contributed by atoms with van der Waals surface area (Å²) in [7, 11) is 0. The van der Waals surface area contributed by atoms with Crippen LogP contribution in [0.2, 0.25) is 0 Å². The summed E-state index contributed by atoms with van der Waals surface area (Å²) in [6.07, 6.45) is 7.60. The molecule has 0 spiro atoms. The molecule has 1 aliphatic rings. The predicted octanol–water partition coefficient (Wildman–Crippen LogP) is 3.50. The van der Waals surface area contributed by atoms with Crippen molar-refractivity contribution in [3.63, 3.8) is 0 Å². The van der Waals surface area contributed by atoms with Gasteiger partial charge in [0.2, 0.25) is 0 Å². The smallest absolute Gasteiger partial charge is 0.191 e. The summed E-state index contributed by atoms with van der Waals surface area (Å²) >= 11 is 1.94. The molecule has 1 fully saturated rings. The Hall–Kier alpha value is -1.66. The summed E-state index contributed by atoms with van der Waals surface area (Å²) in [5.74, 6) is 0.926. The molecule has 0 atom stereocenters. The van der Waals surface area contributed by atoms with Crippen LogP contribution in [0.15, 0.2) is 41.5 Å². The van der Waals surface area contributed by atoms with Gasteiger partial charge < -0.3 is 19.9 Å². The van der Waals surface area contributed by atoms with Crippen LogP contribution in [0.4, 0.5) is 0 Å². The molecule has 2 heterocycles. The van der Waals surface area contributed by atoms with Crippen molar-refractivity contribution in [3.05, 3.63) is 36.5 Å². The maximum Gasteiger partial charge on any atom is 0.191 e. The van der Waals surface area contributed by atoms with E-state index in [1.54, 1.807) is 0 Å². The van der Waals surface area contributed by atoms with Crippen LogP contribution in [-0.4, -0.2) is 54.4 Å². The highest BCUT2D eigenvalue weighted by molar-refractivity contribution is 8.00. The Balaban J connectivity index is 1.50. The number of para-hydroxylation sites is 1. The Labute approximate surface area is 167 Å². The Morgan fingerprint density at radius 2 is 2.04 bits per heavy atom. The Bertz CT molecular complexity index is 737. The molecule has 2 N–H and O–H groups in total. The first-order valence-electron chi connectivity index (χ1n) is 9.95. The SMILES string of the molecule is CCNC(=NCC1(SC)CCOCC1)NCCCn1ccc2ccccc21. The van der Waals surface area contributed by atoms with Gasteiger partial charge in [-0.2, -0.15) is 11.8 Å². The number of aryl methyl sites for hydroxylation is 1. The lowest BCUT2D eigenvalue weighted by atomic mass is 9.99. The number of hydrogen-bond donors (Lipinski definition) is 2. The van der Waals surface area contributed by atoms with E-state index in [4.69, 9.17) is 9.73 Å². The van der Waals surface area contributed by atoms with Crippen LogP contribution in [0.5, 0.6) is 0 Å². The Morgan fingerprint density at radius 1 is 1.22 bits per heavy atom. The molecule has 2 aromatic rings. The molecular weight excluding hydrogens is 356 g/mol. The van der Waals surface area contributed by atoms with Crippen LogP contribution in [0.25, 0.3) is 10.9 Å². The van der Waals surface area contributed by atoms with E-state index in [2.05, 4.69) is 64.9 Å². The van der Waals surface area contributed by atoms with Crippen LogP contribution in [0.3, 0.4) is 0 Å². The first kappa shape index (κ1) is 20.1. The first-order valence-corrected chi connectivity index (χ1v) is 11.2. The topological polar surface area (TPSA) is 50.6 Å². The number of ether oxygens (including phenoxy) is 1. The number of nitrogens with zero attached hydrogens (tertiary/aromatic N) is 2. The second-order valence-electron chi connectivity index (χ2n) is 7.04. The maximum atomic E-state index is 5.53. The molecule has 5 nitrogen and oxygen atoms in total. The zero-order valence-electron chi connectivity index (χ0n) is 16.5. The molecule has 0 unspecified atom stereocenters. The average Bonchev–Trinajstić information content (AvgIpc) is 3.13. The van der Waals surface area contributed by atoms with Crippen LogP contribution < -0.4 is 10.6 Å². The Kier molecular flexibility index (Phi) is 7.47. The van der Waals surface area contributed by atoms with Crippen molar-refractivity contribution >= 4 is 28.6 Å². The van der Waals surface area contributed by atoms with E-state index in [1.807, 2.05) is 11.8 Å². The molecule has 1 aromatic heterocycles. The molecule has 148 valence electrons. The highest BCUT2D eigenvalue weighted by Crippen LogP contribution is 2.33. The van der Waals surface area contributed by atoms with Crippen LogP contribution in [0.1, 0.15) is 26.2 Å². The normalized spacial score (nSPS) is 17.2. The minimum atomic E-state index is 0.227. The van der Waals surface area contributed by atoms with Gasteiger partial charge in [-0.25, -0.2) is 0 Å². The largest absolute Gasteiger partial charge is 0.381 e. The third-order valence-corrected chi connectivity index (χ3v) is 6.66. The molecule has 0 bridgehead atoms. The van der Waals surface area contributed by atoms with Crippen molar-refractivity contribution in [2.75, 3.05) is 39.1 Å². The van der Waals surface area contributed by atoms with E-state index < -0.39 is 0 Å². The molecule has 0 amide bonds. The molecule has 0 aliphatic carbocycles. The van der Waals surface area contributed by atoms with Gasteiger partial charge in [0.15, 0.2) is 5.96 Å². The van der Waals surface area contributed by atoms with Gasteiger partial charge in [-0.15, -0.1) is 0 Å². The monoisotopic (exact) mass is 388 g/mol. The standard InChI is InChI=1S/C21H32N4OS/c1-3-22-20(24-17-21(27-2)10-15-26-16-11-21)23-12-6-13-25-14-9-18-7-4-5-8-19(18)25/h4-5,7-9,14H,3,6,10-13,15-17H2,1-2H3,(H2,22,23,24). The molecule has 0 radical (unpaired) electrons. The number of nitrogens with one attached hydrogen (secondary N) is 2. The summed E-state index contributed by atoms with van der Waals surface area (Å²) in [6, 6.07) is 10.7. The molecular formula is C21H32N4OS. The molecule has 1 aromatic carbocycles. The lowest BCUT2D eigenvalue weighted by molar-refractivity contribution is 0.0794. The minimum absolute atomic E-state index is 0.227. The third-order valence-electron chi connectivity index (χ3n) is 5.26. The van der Waals surface area contributed by atoms with Crippen LogP contribution in [0, 0.1) is 0 Å². The molecule has 0 saturated carbocycles. The number of aromatic nitrogens is 1. The lowest BCUT2D eigenvalue weighted by Crippen LogP contribution is -2.41. The van der Waals surface area contributed by atoms with Gasteiger partial charge in [0, 0.05) is 49.3 Å². The van der Waals surface area contributed by atoms with Gasteiger partial charge >= 0.3 is 0 Å². The predicted molar refractivity (Wildman–Crippen MR) is 117 cm³/mol. The molecule has 3 rings (SSSR count). The van der Waals surface area contributed by atoms with Crippen molar-refractivity contribution in [1.29, 1.82) is 0 Å². The van der Waals surface area contributed by atoms with E-state index in [1.165, 1.54) is 10.9 Å². The van der Waals surface area contributed by atoms with Crippen LogP contribution >= 0.6 is 11.8 Å². The minimum Gasteiger partial charge on any atom is -0.381 e. The quantitative estimate of drug-likeness (QED) is 0.413. The second-order valence-corrected chi connectivity index (χ2v) is 8.32.